The Kier molecular flexibility index (Phi) is 3.76. The molecule has 5 heteroatoms. The van der Waals surface area contributed by atoms with Crippen molar-refractivity contribution in [3.05, 3.63) is 33.4 Å². The predicted octanol–water partition coefficient (Wildman–Crippen LogP) is 2.86. The third-order valence-corrected chi connectivity index (χ3v) is 4.60. The normalized spacial score (nSPS) is 19.5. The maximum absolute atomic E-state index is 11.2. The quantitative estimate of drug-likeness (QED) is 0.790. The van der Waals surface area contributed by atoms with Crippen LogP contribution in [0.5, 0.6) is 0 Å². The molecule has 1 unspecified atom stereocenters. The van der Waals surface area contributed by atoms with Gasteiger partial charge >= 0.3 is 19.8 Å². The number of rotatable bonds is 3. The van der Waals surface area contributed by atoms with E-state index >= 15 is 0 Å². The summed E-state index contributed by atoms with van der Waals surface area (Å²) in [6.07, 6.45) is 0. The van der Waals surface area contributed by atoms with Crippen molar-refractivity contribution in [3.8, 4) is 0 Å². The predicted molar refractivity (Wildman–Crippen MR) is 71.6 cm³/mol. The van der Waals surface area contributed by atoms with E-state index in [9.17, 15) is 6.14 Å². The lowest BCUT2D eigenvalue weighted by atomic mass is 10.1. The van der Waals surface area contributed by atoms with Gasteiger partial charge in [0.05, 0.1) is 15.2 Å². The number of benzene rings is 1. The van der Waals surface area contributed by atoms with Crippen LogP contribution in [-0.2, 0) is 10.9 Å². The first-order chi connectivity index (χ1) is 8.09. The van der Waals surface area contributed by atoms with Gasteiger partial charge in [0.2, 0.25) is 5.90 Å². The number of ether oxygens (including phenoxy) is 1. The van der Waals surface area contributed by atoms with Gasteiger partial charge in [0.1, 0.15) is 6.61 Å². The minimum Gasteiger partial charge on any atom is -0.475 e. The fourth-order valence-electron chi connectivity index (χ4n) is 1.65. The molecule has 2 rings (SSSR count). The third-order valence-electron chi connectivity index (χ3n) is 2.71. The monoisotopic (exact) mass is 347 g/mol. The molecule has 0 amide bonds. The molecule has 1 atom stereocenters. The molecule has 92 valence electrons. The first-order valence-corrected chi connectivity index (χ1v) is 8.29. The Morgan fingerprint density at radius 3 is 2.65 bits per heavy atom. The van der Waals surface area contributed by atoms with Crippen molar-refractivity contribution < 1.29 is 10.9 Å². The van der Waals surface area contributed by atoms with Crippen molar-refractivity contribution in [1.82, 2.24) is 0 Å². The molecule has 0 aromatic heterocycles. The van der Waals surface area contributed by atoms with Crippen LogP contribution in [0.1, 0.15) is 19.4 Å². The first kappa shape index (κ1) is 12.5. The van der Waals surface area contributed by atoms with E-state index in [2.05, 4.69) is 18.8 Å². The maximum atomic E-state index is 11.2. The SMILES string of the molecule is CC(C)C1COC(c2ccccc2I(=O)=O)=N1. The van der Waals surface area contributed by atoms with Crippen LogP contribution in [0.4, 0.5) is 0 Å². The minimum atomic E-state index is -3.50. The first-order valence-electron chi connectivity index (χ1n) is 5.45. The van der Waals surface area contributed by atoms with Crippen molar-refractivity contribution >= 4 is 25.7 Å². The molecule has 0 radical (unpaired) electrons. The fourth-order valence-corrected chi connectivity index (χ4v) is 3.03. The Labute approximate surface area is 107 Å². The second-order valence-electron chi connectivity index (χ2n) is 4.25. The van der Waals surface area contributed by atoms with E-state index in [4.69, 9.17) is 4.74 Å². The van der Waals surface area contributed by atoms with Crippen molar-refractivity contribution in [2.75, 3.05) is 6.61 Å². The van der Waals surface area contributed by atoms with E-state index in [1.165, 1.54) is 0 Å². The van der Waals surface area contributed by atoms with Gasteiger partial charge < -0.3 is 4.74 Å². The van der Waals surface area contributed by atoms with Crippen LogP contribution in [-0.4, -0.2) is 18.5 Å². The van der Waals surface area contributed by atoms with Gasteiger partial charge in [0, 0.05) is 0 Å². The number of nitrogens with zero attached hydrogens (tertiary/aromatic N) is 1. The van der Waals surface area contributed by atoms with Crippen LogP contribution in [0.3, 0.4) is 0 Å². The van der Waals surface area contributed by atoms with Crippen LogP contribution < -0.4 is 0 Å². The number of hydrogen-bond donors (Lipinski definition) is 0. The van der Waals surface area contributed by atoms with Gasteiger partial charge in [-0.2, -0.15) is 0 Å². The maximum Gasteiger partial charge on any atom is 0.341 e. The molecule has 0 aliphatic carbocycles. The molecule has 0 fully saturated rings. The highest BCUT2D eigenvalue weighted by atomic mass is 127. The summed E-state index contributed by atoms with van der Waals surface area (Å²) < 4.78 is 28.3. The minimum absolute atomic E-state index is 0.124. The van der Waals surface area contributed by atoms with Gasteiger partial charge in [-0.1, -0.05) is 26.0 Å². The molecule has 0 bridgehead atoms. The molecule has 1 aliphatic heterocycles. The molecule has 0 saturated carbocycles. The zero-order valence-electron chi connectivity index (χ0n) is 9.72. The highest BCUT2D eigenvalue weighted by molar-refractivity contribution is 14.2. The highest BCUT2D eigenvalue weighted by Crippen LogP contribution is 2.25. The Morgan fingerprint density at radius 2 is 2.06 bits per heavy atom. The summed E-state index contributed by atoms with van der Waals surface area (Å²) in [5.74, 6) is 0.863. The molecule has 0 spiro atoms. The van der Waals surface area contributed by atoms with Crippen molar-refractivity contribution in [3.63, 3.8) is 0 Å². The molecule has 0 N–H and O–H groups in total. The summed E-state index contributed by atoms with van der Waals surface area (Å²) in [4.78, 5) is 4.44. The van der Waals surface area contributed by atoms with Crippen LogP contribution in [0.2, 0.25) is 0 Å². The Morgan fingerprint density at radius 1 is 1.35 bits per heavy atom. The smallest absolute Gasteiger partial charge is 0.341 e. The van der Waals surface area contributed by atoms with Gasteiger partial charge in [-0.25, -0.2) is 11.1 Å². The van der Waals surface area contributed by atoms with E-state index in [1.807, 2.05) is 0 Å². The summed E-state index contributed by atoms with van der Waals surface area (Å²) in [7, 11) is 0. The number of halogens is 1. The van der Waals surface area contributed by atoms with E-state index in [0.29, 0.717) is 27.6 Å². The highest BCUT2D eigenvalue weighted by Gasteiger charge is 2.24. The summed E-state index contributed by atoms with van der Waals surface area (Å²) >= 11 is -3.50. The molecule has 1 heterocycles. The summed E-state index contributed by atoms with van der Waals surface area (Å²) in [5, 5.41) is 0. The van der Waals surface area contributed by atoms with Gasteiger partial charge in [-0.15, -0.1) is 0 Å². The summed E-state index contributed by atoms with van der Waals surface area (Å²) in [5.41, 5.74) is 0.603. The largest absolute Gasteiger partial charge is 0.475 e. The number of hydrogen-bond acceptors (Lipinski definition) is 4. The van der Waals surface area contributed by atoms with E-state index < -0.39 is 19.8 Å². The van der Waals surface area contributed by atoms with Crippen LogP contribution in [0.15, 0.2) is 29.3 Å². The average molecular weight is 347 g/mol. The topological polar surface area (TPSA) is 55.7 Å². The lowest BCUT2D eigenvalue weighted by Crippen LogP contribution is -2.13. The van der Waals surface area contributed by atoms with Gasteiger partial charge in [0.25, 0.3) is 0 Å². The molecule has 1 aliphatic rings. The summed E-state index contributed by atoms with van der Waals surface area (Å²) in [6, 6.07) is 6.99. The third kappa shape index (κ3) is 2.65. The molecule has 4 nitrogen and oxygen atoms in total. The van der Waals surface area contributed by atoms with Crippen LogP contribution >= 0.6 is 19.8 Å². The zero-order chi connectivity index (χ0) is 12.4. The lowest BCUT2D eigenvalue weighted by Gasteiger charge is -2.06. The van der Waals surface area contributed by atoms with Gasteiger partial charge in [-0.3, -0.25) is 0 Å². The van der Waals surface area contributed by atoms with Gasteiger partial charge in [0.15, 0.2) is 0 Å². The molecule has 0 saturated heterocycles. The second kappa shape index (κ2) is 5.12. The van der Waals surface area contributed by atoms with Crippen molar-refractivity contribution in [2.24, 2.45) is 10.9 Å². The van der Waals surface area contributed by atoms with Crippen LogP contribution in [0.25, 0.3) is 0 Å². The average Bonchev–Trinajstić information content (AvgIpc) is 2.78. The van der Waals surface area contributed by atoms with E-state index in [-0.39, 0.29) is 6.04 Å². The molecular formula is C12H14INO3. The lowest BCUT2D eigenvalue weighted by molar-refractivity contribution is 0.291. The molecule has 1 aromatic rings. The van der Waals surface area contributed by atoms with Crippen molar-refractivity contribution in [1.29, 1.82) is 0 Å². The number of aliphatic imine (C=N–C) groups is 1. The van der Waals surface area contributed by atoms with Gasteiger partial charge in [-0.05, 0) is 18.1 Å². The standard InChI is InChI=1S/C12H14INO3/c1-8(2)11-7-17-12(14-11)9-5-3-4-6-10(9)13(15)16/h3-6,8,11H,7H2,1-2H3. The zero-order valence-corrected chi connectivity index (χ0v) is 11.9. The van der Waals surface area contributed by atoms with E-state index in [1.54, 1.807) is 24.3 Å². The van der Waals surface area contributed by atoms with E-state index in [0.717, 1.165) is 0 Å². The second-order valence-corrected chi connectivity index (χ2v) is 6.66. The Balaban J connectivity index is 2.39. The Hall–Kier alpha value is -0.980. The van der Waals surface area contributed by atoms with Crippen molar-refractivity contribution in [2.45, 2.75) is 19.9 Å². The molecule has 1 aromatic carbocycles. The summed E-state index contributed by atoms with van der Waals surface area (Å²) in [6.45, 7) is 4.69. The molecule has 17 heavy (non-hydrogen) atoms. The molecular weight excluding hydrogens is 333 g/mol. The fraction of sp³-hybridized carbons (Fsp3) is 0.417. The Bertz CT molecular complexity index is 512. The van der Waals surface area contributed by atoms with Crippen LogP contribution in [0, 0.1) is 9.49 Å².